The highest BCUT2D eigenvalue weighted by Crippen LogP contribution is 2.59. The van der Waals surface area contributed by atoms with Crippen LogP contribution in [0.1, 0.15) is 23.6 Å². The summed E-state index contributed by atoms with van der Waals surface area (Å²) in [5.74, 6) is -0.782. The van der Waals surface area contributed by atoms with E-state index in [0.717, 1.165) is 17.3 Å². The molecule has 14 heteroatoms. The van der Waals surface area contributed by atoms with Crippen LogP contribution in [-0.4, -0.2) is 67.8 Å². The molecule has 246 valence electrons. The SMILES string of the molecule is COc1c2c3c4c(c(OC)c(=O)c5c6c(c(OC)c(c7c(OC)c8c(c(c1=O)c37)NC(C(=O)O)CS8)c54)CSC(C(=O)O)N6)CC(C)=C2. The zero-order valence-corrected chi connectivity index (χ0v) is 28.0. The maximum absolute atomic E-state index is 14.6. The fourth-order valence-electron chi connectivity index (χ4n) is 7.73. The Morgan fingerprint density at radius 2 is 1.35 bits per heavy atom. The van der Waals surface area contributed by atoms with Gasteiger partial charge in [-0.3, -0.25) is 9.59 Å². The minimum Gasteiger partial charge on any atom is -0.496 e. The lowest BCUT2D eigenvalue weighted by Gasteiger charge is -2.32. The lowest BCUT2D eigenvalue weighted by Crippen LogP contribution is -2.34. The molecular weight excluding hydrogens is 661 g/mol. The molecule has 48 heavy (non-hydrogen) atoms. The first-order chi connectivity index (χ1) is 23.1. The number of benzene rings is 5. The quantitative estimate of drug-likeness (QED) is 0.140. The number of ether oxygens (including phenoxy) is 4. The number of fused-ring (bicyclic) bond motifs is 5. The summed E-state index contributed by atoms with van der Waals surface area (Å²) < 4.78 is 24.0. The molecule has 0 saturated carbocycles. The molecule has 3 aliphatic rings. The molecule has 1 aliphatic carbocycles. The smallest absolute Gasteiger partial charge is 0.336 e. The lowest BCUT2D eigenvalue weighted by molar-refractivity contribution is -0.137. The van der Waals surface area contributed by atoms with Crippen molar-refractivity contribution in [2.75, 3.05) is 44.8 Å². The molecule has 0 radical (unpaired) electrons. The third kappa shape index (κ3) is 3.75. The topological polar surface area (TPSA) is 170 Å². The number of aliphatic carboxylic acids is 2. The monoisotopic (exact) mass is 688 g/mol. The van der Waals surface area contributed by atoms with Crippen LogP contribution < -0.4 is 40.4 Å². The van der Waals surface area contributed by atoms with Crippen LogP contribution in [0.3, 0.4) is 0 Å². The molecule has 5 aromatic rings. The number of methoxy groups -OCH3 is 4. The molecule has 0 amide bonds. The summed E-state index contributed by atoms with van der Waals surface area (Å²) in [5, 5.41) is 28.9. The van der Waals surface area contributed by atoms with E-state index in [0.29, 0.717) is 83.2 Å². The minimum atomic E-state index is -1.08. The van der Waals surface area contributed by atoms with Crippen molar-refractivity contribution in [3.63, 3.8) is 0 Å². The van der Waals surface area contributed by atoms with Crippen LogP contribution in [0.2, 0.25) is 0 Å². The highest BCUT2D eigenvalue weighted by molar-refractivity contribution is 8.00. The van der Waals surface area contributed by atoms with Gasteiger partial charge in [-0.2, -0.15) is 0 Å². The average Bonchev–Trinajstić information content (AvgIpc) is 3.22. The van der Waals surface area contributed by atoms with Gasteiger partial charge < -0.3 is 39.8 Å². The van der Waals surface area contributed by atoms with Crippen LogP contribution in [-0.2, 0) is 21.8 Å². The summed E-state index contributed by atoms with van der Waals surface area (Å²) in [6.45, 7) is 1.90. The first-order valence-corrected chi connectivity index (χ1v) is 17.0. The fourth-order valence-corrected chi connectivity index (χ4v) is 9.86. The normalized spacial score (nSPS) is 18.2. The van der Waals surface area contributed by atoms with Gasteiger partial charge >= 0.3 is 11.9 Å². The molecule has 0 bridgehead atoms. The molecule has 8 rings (SSSR count). The van der Waals surface area contributed by atoms with Crippen LogP contribution in [0, 0.1) is 0 Å². The van der Waals surface area contributed by atoms with Crippen molar-refractivity contribution in [1.82, 2.24) is 0 Å². The summed E-state index contributed by atoms with van der Waals surface area (Å²) in [6.07, 6.45) is 2.18. The third-order valence-corrected chi connectivity index (χ3v) is 11.8. The molecule has 2 aliphatic heterocycles. The molecule has 0 aromatic heterocycles. The Hall–Kier alpha value is -4.82. The maximum atomic E-state index is 14.6. The summed E-state index contributed by atoms with van der Waals surface area (Å²) in [5.41, 5.74) is 2.38. The standard InChI is InChI=1S/C34H28N2O10S2/c1-10-6-11-15-16-12(7-10)29(45-4)26(38)22-18(16)20(30(46-5)31-24(22)35-14(9-47-31)33(39)40)19-17(15)21(25(37)28(11)44-3)23-13(27(19)43-2)8-48-32(36-23)34(41)42/h7,14,32,35-36H,6,8-9H2,1-5H3,(H,39,40)(H,41,42). The van der Waals surface area contributed by atoms with E-state index in [9.17, 15) is 29.4 Å². The largest absolute Gasteiger partial charge is 0.496 e. The van der Waals surface area contributed by atoms with Crippen molar-refractivity contribution in [2.45, 2.75) is 35.4 Å². The van der Waals surface area contributed by atoms with Crippen molar-refractivity contribution in [1.29, 1.82) is 0 Å². The predicted molar refractivity (Wildman–Crippen MR) is 187 cm³/mol. The molecule has 2 heterocycles. The third-order valence-electron chi connectivity index (χ3n) is 9.49. The second-order valence-corrected chi connectivity index (χ2v) is 14.1. The minimum absolute atomic E-state index is 0.0689. The Balaban J connectivity index is 1.77. The molecule has 2 unspecified atom stereocenters. The number of allylic oxidation sites excluding steroid dienone is 1. The molecule has 4 N–H and O–H groups in total. The average molecular weight is 689 g/mol. The van der Waals surface area contributed by atoms with Gasteiger partial charge in [0.25, 0.3) is 0 Å². The molecule has 0 fully saturated rings. The van der Waals surface area contributed by atoms with Crippen molar-refractivity contribution >= 4 is 96.0 Å². The molecule has 2 atom stereocenters. The van der Waals surface area contributed by atoms with Crippen molar-refractivity contribution in [3.8, 4) is 23.0 Å². The molecule has 12 nitrogen and oxygen atoms in total. The van der Waals surface area contributed by atoms with E-state index in [2.05, 4.69) is 10.6 Å². The summed E-state index contributed by atoms with van der Waals surface area (Å²) in [7, 11) is 5.87. The second-order valence-electron chi connectivity index (χ2n) is 11.9. The fraction of sp³-hybridized carbons (Fsp3) is 0.294. The first kappa shape index (κ1) is 30.5. The Kier molecular flexibility index (Phi) is 6.73. The molecule has 5 aromatic carbocycles. The predicted octanol–water partition coefficient (Wildman–Crippen LogP) is 4.93. The van der Waals surface area contributed by atoms with Crippen molar-refractivity contribution in [2.24, 2.45) is 0 Å². The number of anilines is 2. The van der Waals surface area contributed by atoms with Gasteiger partial charge in [-0.25, -0.2) is 9.59 Å². The van der Waals surface area contributed by atoms with E-state index in [4.69, 9.17) is 18.9 Å². The van der Waals surface area contributed by atoms with E-state index in [-0.39, 0.29) is 33.8 Å². The lowest BCUT2D eigenvalue weighted by atomic mass is 9.82. The van der Waals surface area contributed by atoms with Gasteiger partial charge in [0, 0.05) is 55.1 Å². The van der Waals surface area contributed by atoms with E-state index in [1.807, 2.05) is 13.0 Å². The maximum Gasteiger partial charge on any atom is 0.336 e. The van der Waals surface area contributed by atoms with Gasteiger partial charge in [0.1, 0.15) is 17.5 Å². The van der Waals surface area contributed by atoms with Gasteiger partial charge in [-0.1, -0.05) is 11.6 Å². The van der Waals surface area contributed by atoms with Gasteiger partial charge in [0.05, 0.1) is 55.5 Å². The van der Waals surface area contributed by atoms with Gasteiger partial charge in [-0.05, 0) is 18.7 Å². The van der Waals surface area contributed by atoms with E-state index in [1.54, 1.807) is 0 Å². The highest BCUT2D eigenvalue weighted by Gasteiger charge is 2.39. The Labute approximate surface area is 280 Å². The van der Waals surface area contributed by atoms with Crippen LogP contribution in [0.15, 0.2) is 20.1 Å². The van der Waals surface area contributed by atoms with Gasteiger partial charge in [0.2, 0.25) is 10.9 Å². The summed E-state index contributed by atoms with van der Waals surface area (Å²) in [4.78, 5) is 54.2. The number of carboxylic acids is 2. The van der Waals surface area contributed by atoms with Crippen LogP contribution in [0.5, 0.6) is 23.0 Å². The number of rotatable bonds is 6. The second kappa shape index (κ2) is 10.6. The highest BCUT2D eigenvalue weighted by atomic mass is 32.2. The Morgan fingerprint density at radius 1 is 0.729 bits per heavy atom. The van der Waals surface area contributed by atoms with Crippen molar-refractivity contribution < 1.29 is 38.7 Å². The summed E-state index contributed by atoms with van der Waals surface area (Å²) in [6, 6.07) is -0.975. The van der Waals surface area contributed by atoms with Gasteiger partial charge in [0.15, 0.2) is 16.9 Å². The van der Waals surface area contributed by atoms with Crippen LogP contribution >= 0.6 is 23.5 Å². The Morgan fingerprint density at radius 3 is 2.00 bits per heavy atom. The zero-order chi connectivity index (χ0) is 33.9. The number of thioether (sulfide) groups is 2. The number of carbonyl (C=O) groups is 2. The van der Waals surface area contributed by atoms with E-state index < -0.39 is 34.2 Å². The molecular formula is C34H28N2O10S2. The summed E-state index contributed by atoms with van der Waals surface area (Å²) >= 11 is 2.41. The molecule has 0 spiro atoms. The first-order valence-electron chi connectivity index (χ1n) is 14.9. The zero-order valence-electron chi connectivity index (χ0n) is 26.3. The van der Waals surface area contributed by atoms with Gasteiger partial charge in [-0.15, -0.1) is 23.5 Å². The number of hydrogen-bond donors (Lipinski definition) is 4. The van der Waals surface area contributed by atoms with Crippen molar-refractivity contribution in [3.05, 3.63) is 42.7 Å². The van der Waals surface area contributed by atoms with Crippen LogP contribution in [0.4, 0.5) is 11.4 Å². The van der Waals surface area contributed by atoms with E-state index >= 15 is 0 Å². The Bertz CT molecular complexity index is 2460. The van der Waals surface area contributed by atoms with Crippen LogP contribution in [0.25, 0.3) is 49.2 Å². The number of nitrogens with one attached hydrogen (secondary N) is 2. The number of carboxylic acid groups (broad SMARTS) is 2. The number of hydrogen-bond acceptors (Lipinski definition) is 12. The van der Waals surface area contributed by atoms with E-state index in [1.165, 1.54) is 40.2 Å². The molecule has 0 saturated heterocycles.